The Hall–Kier alpha value is -2.05. The van der Waals surface area contributed by atoms with E-state index < -0.39 is 0 Å². The number of nitrogens with one attached hydrogen (secondary N) is 1. The molecular formula is C26H40N4O2. The van der Waals surface area contributed by atoms with Crippen LogP contribution < -0.4 is 10.1 Å². The number of rotatable bonds is 8. The van der Waals surface area contributed by atoms with E-state index in [1.54, 1.807) is 7.11 Å². The van der Waals surface area contributed by atoms with Crippen LogP contribution in [0.2, 0.25) is 0 Å². The molecule has 4 rings (SSSR count). The highest BCUT2D eigenvalue weighted by atomic mass is 16.5. The summed E-state index contributed by atoms with van der Waals surface area (Å²) in [6.07, 6.45) is 9.18. The number of likely N-dealkylation sites (tertiary alicyclic amines) is 2. The van der Waals surface area contributed by atoms with Crippen LogP contribution >= 0.6 is 0 Å². The van der Waals surface area contributed by atoms with Crippen molar-refractivity contribution in [2.75, 3.05) is 39.8 Å². The lowest BCUT2D eigenvalue weighted by Gasteiger charge is -2.33. The van der Waals surface area contributed by atoms with Gasteiger partial charge in [0.1, 0.15) is 5.75 Å². The Bertz CT molecular complexity index is 901. The minimum atomic E-state index is 0.160. The molecule has 6 heteroatoms. The smallest absolute Gasteiger partial charge is 0.223 e. The van der Waals surface area contributed by atoms with E-state index in [0.29, 0.717) is 6.04 Å². The van der Waals surface area contributed by atoms with Gasteiger partial charge in [-0.1, -0.05) is 6.42 Å². The predicted octanol–water partition coefficient (Wildman–Crippen LogP) is 3.78. The molecule has 2 aliphatic rings. The summed E-state index contributed by atoms with van der Waals surface area (Å²) in [6.45, 7) is 8.34. The Kier molecular flexibility index (Phi) is 7.74. The average Bonchev–Trinajstić information content (AvgIpc) is 3.12. The van der Waals surface area contributed by atoms with Crippen LogP contribution in [-0.2, 0) is 18.4 Å². The third-order valence-corrected chi connectivity index (χ3v) is 7.49. The molecule has 3 heterocycles. The number of benzene rings is 1. The second-order valence-corrected chi connectivity index (χ2v) is 9.72. The lowest BCUT2D eigenvalue weighted by molar-refractivity contribution is -0.126. The van der Waals surface area contributed by atoms with Gasteiger partial charge in [-0.15, -0.1) is 0 Å². The fourth-order valence-electron chi connectivity index (χ4n) is 5.43. The number of amides is 1. The zero-order valence-electron chi connectivity index (χ0n) is 20.1. The van der Waals surface area contributed by atoms with Gasteiger partial charge < -0.3 is 19.5 Å². The zero-order valence-corrected chi connectivity index (χ0v) is 20.1. The normalized spacial score (nSPS) is 21.2. The van der Waals surface area contributed by atoms with Gasteiger partial charge >= 0.3 is 0 Å². The Morgan fingerprint density at radius 3 is 2.72 bits per heavy atom. The highest BCUT2D eigenvalue weighted by Crippen LogP contribution is 2.28. The molecule has 1 atom stereocenters. The van der Waals surface area contributed by atoms with Crippen molar-refractivity contribution in [3.05, 3.63) is 30.0 Å². The van der Waals surface area contributed by atoms with Crippen molar-refractivity contribution in [3.8, 4) is 5.75 Å². The first-order valence-corrected chi connectivity index (χ1v) is 12.4. The van der Waals surface area contributed by atoms with Crippen LogP contribution in [0.25, 0.3) is 10.9 Å². The molecule has 2 aliphatic heterocycles. The van der Waals surface area contributed by atoms with Crippen molar-refractivity contribution >= 4 is 16.8 Å². The first kappa shape index (κ1) is 23.1. The van der Waals surface area contributed by atoms with Crippen LogP contribution in [0.5, 0.6) is 5.75 Å². The quantitative estimate of drug-likeness (QED) is 0.635. The molecule has 0 saturated carbocycles. The van der Waals surface area contributed by atoms with Gasteiger partial charge in [0.2, 0.25) is 5.91 Å². The maximum Gasteiger partial charge on any atom is 0.223 e. The molecule has 176 valence electrons. The van der Waals surface area contributed by atoms with Crippen molar-refractivity contribution in [1.82, 2.24) is 19.7 Å². The molecule has 1 aromatic carbocycles. The predicted molar refractivity (Wildman–Crippen MR) is 130 cm³/mol. The topological polar surface area (TPSA) is 49.7 Å². The molecule has 32 heavy (non-hydrogen) atoms. The monoisotopic (exact) mass is 440 g/mol. The Labute approximate surface area is 192 Å². The van der Waals surface area contributed by atoms with Gasteiger partial charge in [-0.25, -0.2) is 0 Å². The minimum Gasteiger partial charge on any atom is -0.497 e. The highest BCUT2D eigenvalue weighted by molar-refractivity contribution is 5.85. The van der Waals surface area contributed by atoms with E-state index in [-0.39, 0.29) is 11.8 Å². The summed E-state index contributed by atoms with van der Waals surface area (Å²) in [7, 11) is 3.81. The van der Waals surface area contributed by atoms with Gasteiger partial charge in [-0.05, 0) is 82.4 Å². The van der Waals surface area contributed by atoms with Gasteiger partial charge in [0.25, 0.3) is 0 Å². The van der Waals surface area contributed by atoms with Crippen LogP contribution in [0, 0.1) is 5.92 Å². The number of hydrogen-bond acceptors (Lipinski definition) is 4. The molecular weight excluding hydrogens is 400 g/mol. The molecule has 0 radical (unpaired) electrons. The SMILES string of the molecule is COc1ccc2c(c1)c(CN1CCC(C(=O)NCCCN3CCCCC3C)CC1)cn2C. The van der Waals surface area contributed by atoms with Gasteiger partial charge in [-0.2, -0.15) is 0 Å². The van der Waals surface area contributed by atoms with Crippen LogP contribution in [0.15, 0.2) is 24.4 Å². The van der Waals surface area contributed by atoms with E-state index in [0.717, 1.165) is 57.7 Å². The zero-order chi connectivity index (χ0) is 22.5. The van der Waals surface area contributed by atoms with Gasteiger partial charge in [0, 0.05) is 55.7 Å². The van der Waals surface area contributed by atoms with Crippen LogP contribution in [-0.4, -0.2) is 66.1 Å². The van der Waals surface area contributed by atoms with Crippen LogP contribution in [0.1, 0.15) is 51.0 Å². The third-order valence-electron chi connectivity index (χ3n) is 7.49. The summed E-state index contributed by atoms with van der Waals surface area (Å²) in [4.78, 5) is 17.7. The second kappa shape index (κ2) is 10.7. The van der Waals surface area contributed by atoms with E-state index in [1.807, 2.05) is 6.07 Å². The molecule has 1 N–H and O–H groups in total. The lowest BCUT2D eigenvalue weighted by atomic mass is 9.95. The average molecular weight is 441 g/mol. The largest absolute Gasteiger partial charge is 0.497 e. The van der Waals surface area contributed by atoms with E-state index in [1.165, 1.54) is 42.3 Å². The maximum atomic E-state index is 12.7. The third kappa shape index (κ3) is 5.46. The van der Waals surface area contributed by atoms with Crippen molar-refractivity contribution in [2.45, 2.75) is 58.0 Å². The lowest BCUT2D eigenvalue weighted by Crippen LogP contribution is -2.42. The fraction of sp³-hybridized carbons (Fsp3) is 0.654. The number of hydrogen-bond donors (Lipinski definition) is 1. The van der Waals surface area contributed by atoms with Crippen molar-refractivity contribution in [1.29, 1.82) is 0 Å². The number of carbonyl (C=O) groups is 1. The highest BCUT2D eigenvalue weighted by Gasteiger charge is 2.25. The van der Waals surface area contributed by atoms with Crippen molar-refractivity contribution in [3.63, 3.8) is 0 Å². The number of piperidine rings is 2. The van der Waals surface area contributed by atoms with E-state index >= 15 is 0 Å². The molecule has 2 saturated heterocycles. The summed E-state index contributed by atoms with van der Waals surface area (Å²) >= 11 is 0. The summed E-state index contributed by atoms with van der Waals surface area (Å²) in [5.74, 6) is 1.31. The van der Waals surface area contributed by atoms with E-state index in [2.05, 4.69) is 52.0 Å². The molecule has 0 spiro atoms. The number of aromatic nitrogens is 1. The maximum absolute atomic E-state index is 12.7. The Morgan fingerprint density at radius 2 is 1.97 bits per heavy atom. The summed E-state index contributed by atoms with van der Waals surface area (Å²) in [6, 6.07) is 6.98. The summed E-state index contributed by atoms with van der Waals surface area (Å²) in [5, 5.41) is 4.47. The van der Waals surface area contributed by atoms with Crippen molar-refractivity contribution in [2.24, 2.45) is 13.0 Å². The first-order valence-electron chi connectivity index (χ1n) is 12.4. The number of ether oxygens (including phenoxy) is 1. The van der Waals surface area contributed by atoms with E-state index in [4.69, 9.17) is 4.74 Å². The van der Waals surface area contributed by atoms with Crippen LogP contribution in [0.4, 0.5) is 0 Å². The Balaban J connectivity index is 1.21. The van der Waals surface area contributed by atoms with Gasteiger partial charge in [0.05, 0.1) is 7.11 Å². The van der Waals surface area contributed by atoms with E-state index in [9.17, 15) is 4.79 Å². The Morgan fingerprint density at radius 1 is 1.16 bits per heavy atom. The number of nitrogens with zero attached hydrogens (tertiary/aromatic N) is 3. The number of methoxy groups -OCH3 is 1. The number of aryl methyl sites for hydroxylation is 1. The van der Waals surface area contributed by atoms with Crippen LogP contribution in [0.3, 0.4) is 0 Å². The van der Waals surface area contributed by atoms with Crippen molar-refractivity contribution < 1.29 is 9.53 Å². The standard InChI is InChI=1S/C26H40N4O2/c1-20-7-4-5-13-30(20)14-6-12-27-26(31)21-10-15-29(16-11-21)19-22-18-28(2)25-9-8-23(32-3)17-24(22)25/h8-9,17-18,20-21H,4-7,10-16,19H2,1-3H3,(H,27,31). The summed E-state index contributed by atoms with van der Waals surface area (Å²) in [5.41, 5.74) is 2.56. The first-order chi connectivity index (χ1) is 15.5. The molecule has 2 aromatic rings. The molecule has 0 aliphatic carbocycles. The number of carbonyl (C=O) groups excluding carboxylic acids is 1. The number of fused-ring (bicyclic) bond motifs is 1. The molecule has 6 nitrogen and oxygen atoms in total. The fourth-order valence-corrected chi connectivity index (χ4v) is 5.43. The molecule has 0 bridgehead atoms. The molecule has 2 fully saturated rings. The minimum absolute atomic E-state index is 0.160. The second-order valence-electron chi connectivity index (χ2n) is 9.72. The molecule has 1 aromatic heterocycles. The molecule has 1 unspecified atom stereocenters. The van der Waals surface area contributed by atoms with Gasteiger partial charge in [0.15, 0.2) is 0 Å². The van der Waals surface area contributed by atoms with Gasteiger partial charge in [-0.3, -0.25) is 9.69 Å². The summed E-state index contributed by atoms with van der Waals surface area (Å²) < 4.78 is 7.62. The molecule has 1 amide bonds.